The first-order chi connectivity index (χ1) is 12.2. The largest absolute Gasteiger partial charge is 0.488 e. The van der Waals surface area contributed by atoms with E-state index in [4.69, 9.17) is 25.8 Å². The zero-order valence-corrected chi connectivity index (χ0v) is 14.1. The van der Waals surface area contributed by atoms with E-state index in [1.54, 1.807) is 12.1 Å². The Morgan fingerprint density at radius 2 is 1.88 bits per heavy atom. The molecule has 0 aromatic heterocycles. The van der Waals surface area contributed by atoms with Crippen LogP contribution in [0, 0.1) is 0 Å². The van der Waals surface area contributed by atoms with Crippen LogP contribution in [0.4, 0.5) is 10.5 Å². The zero-order valence-electron chi connectivity index (χ0n) is 13.4. The third-order valence-electron chi connectivity index (χ3n) is 4.08. The van der Waals surface area contributed by atoms with E-state index in [1.165, 1.54) is 0 Å². The van der Waals surface area contributed by atoms with E-state index in [0.29, 0.717) is 42.0 Å². The van der Waals surface area contributed by atoms with E-state index in [1.807, 2.05) is 24.3 Å². The number of hydrogen-bond acceptors (Lipinski definition) is 4. The Morgan fingerprint density at radius 3 is 2.68 bits per heavy atom. The number of fused-ring (bicyclic) bond motifs is 2. The van der Waals surface area contributed by atoms with Gasteiger partial charge >= 0.3 is 6.03 Å². The molecule has 6 nitrogen and oxygen atoms in total. The minimum Gasteiger partial charge on any atom is -0.488 e. The summed E-state index contributed by atoms with van der Waals surface area (Å²) in [6.45, 7) is 1.36. The first-order valence-corrected chi connectivity index (χ1v) is 8.45. The maximum atomic E-state index is 12.2. The summed E-state index contributed by atoms with van der Waals surface area (Å²) in [6, 6.07) is 10.8. The first kappa shape index (κ1) is 15.9. The second-order valence-electron chi connectivity index (χ2n) is 5.86. The van der Waals surface area contributed by atoms with Crippen molar-refractivity contribution < 1.29 is 19.0 Å². The highest BCUT2D eigenvalue weighted by Crippen LogP contribution is 2.37. The Morgan fingerprint density at radius 1 is 1.12 bits per heavy atom. The Labute approximate surface area is 150 Å². The lowest BCUT2D eigenvalue weighted by Gasteiger charge is -2.20. The molecule has 0 radical (unpaired) electrons. The topological polar surface area (TPSA) is 68.8 Å². The third kappa shape index (κ3) is 3.44. The molecule has 7 heteroatoms. The zero-order chi connectivity index (χ0) is 17.2. The highest BCUT2D eigenvalue weighted by Gasteiger charge is 2.23. The number of amides is 2. The van der Waals surface area contributed by atoms with Crippen LogP contribution in [0.3, 0.4) is 0 Å². The van der Waals surface area contributed by atoms with Crippen molar-refractivity contribution in [1.29, 1.82) is 0 Å². The molecule has 0 bridgehead atoms. The maximum absolute atomic E-state index is 12.2. The van der Waals surface area contributed by atoms with Crippen LogP contribution in [-0.4, -0.2) is 31.9 Å². The Balaban J connectivity index is 1.34. The normalized spacial score (nSPS) is 17.4. The van der Waals surface area contributed by atoms with Gasteiger partial charge in [0.15, 0.2) is 11.5 Å². The molecule has 2 amide bonds. The van der Waals surface area contributed by atoms with Gasteiger partial charge in [0.25, 0.3) is 0 Å². The van der Waals surface area contributed by atoms with Gasteiger partial charge in [-0.2, -0.15) is 0 Å². The van der Waals surface area contributed by atoms with Gasteiger partial charge in [-0.3, -0.25) is 0 Å². The lowest BCUT2D eigenvalue weighted by atomic mass is 10.1. The molecular formula is C18H17ClN2O4. The summed E-state index contributed by atoms with van der Waals surface area (Å²) >= 11 is 6.19. The molecule has 2 aliphatic heterocycles. The van der Waals surface area contributed by atoms with Crippen LogP contribution < -0.4 is 24.8 Å². The van der Waals surface area contributed by atoms with E-state index >= 15 is 0 Å². The molecule has 2 N–H and O–H groups in total. The molecule has 130 valence electrons. The predicted molar refractivity (Wildman–Crippen MR) is 94.0 cm³/mol. The summed E-state index contributed by atoms with van der Waals surface area (Å²) < 4.78 is 16.8. The average Bonchev–Trinajstić information content (AvgIpc) is 3.03. The van der Waals surface area contributed by atoms with E-state index in [9.17, 15) is 4.79 Å². The van der Waals surface area contributed by atoms with Gasteiger partial charge in [0, 0.05) is 18.6 Å². The molecular weight excluding hydrogens is 344 g/mol. The fourth-order valence-electron chi connectivity index (χ4n) is 2.90. The van der Waals surface area contributed by atoms with Gasteiger partial charge < -0.3 is 24.8 Å². The fourth-order valence-corrected chi connectivity index (χ4v) is 3.10. The number of benzene rings is 2. The van der Waals surface area contributed by atoms with Gasteiger partial charge in [-0.25, -0.2) is 4.79 Å². The van der Waals surface area contributed by atoms with E-state index in [2.05, 4.69) is 10.6 Å². The Bertz CT molecular complexity index is 787. The molecule has 0 saturated carbocycles. The third-order valence-corrected chi connectivity index (χ3v) is 4.40. The van der Waals surface area contributed by atoms with Crippen LogP contribution in [-0.2, 0) is 6.42 Å². The molecule has 1 unspecified atom stereocenters. The molecule has 2 aromatic carbocycles. The van der Waals surface area contributed by atoms with Crippen LogP contribution in [0.15, 0.2) is 36.4 Å². The van der Waals surface area contributed by atoms with Crippen molar-refractivity contribution in [2.45, 2.75) is 12.5 Å². The molecule has 2 heterocycles. The predicted octanol–water partition coefficient (Wildman–Crippen LogP) is 3.24. The number of carbonyl (C=O) groups is 1. The monoisotopic (exact) mass is 360 g/mol. The van der Waals surface area contributed by atoms with Gasteiger partial charge in [-0.05, 0) is 11.6 Å². The number of anilines is 1. The second-order valence-corrected chi connectivity index (χ2v) is 6.27. The van der Waals surface area contributed by atoms with Crippen molar-refractivity contribution in [3.8, 4) is 17.2 Å². The molecule has 2 aliphatic rings. The summed E-state index contributed by atoms with van der Waals surface area (Å²) in [7, 11) is 0. The van der Waals surface area contributed by atoms with Gasteiger partial charge in [0.05, 0.1) is 17.3 Å². The summed E-state index contributed by atoms with van der Waals surface area (Å²) in [4.78, 5) is 12.2. The first-order valence-electron chi connectivity index (χ1n) is 8.07. The minimum absolute atomic E-state index is 0.0705. The molecule has 0 spiro atoms. The fraction of sp³-hybridized carbons (Fsp3) is 0.278. The molecule has 0 saturated heterocycles. The van der Waals surface area contributed by atoms with Gasteiger partial charge in [-0.15, -0.1) is 0 Å². The summed E-state index contributed by atoms with van der Waals surface area (Å²) in [5, 5.41) is 5.93. The molecule has 4 rings (SSSR count). The van der Waals surface area contributed by atoms with Crippen LogP contribution in [0.1, 0.15) is 5.56 Å². The van der Waals surface area contributed by atoms with Crippen molar-refractivity contribution in [2.75, 3.05) is 25.1 Å². The maximum Gasteiger partial charge on any atom is 0.319 e. The smallest absolute Gasteiger partial charge is 0.319 e. The van der Waals surface area contributed by atoms with Crippen molar-refractivity contribution >= 4 is 23.3 Å². The number of urea groups is 1. The van der Waals surface area contributed by atoms with Crippen molar-refractivity contribution in [3.05, 3.63) is 47.0 Å². The van der Waals surface area contributed by atoms with Crippen molar-refractivity contribution in [1.82, 2.24) is 5.32 Å². The van der Waals surface area contributed by atoms with Crippen molar-refractivity contribution in [3.63, 3.8) is 0 Å². The minimum atomic E-state index is -0.349. The Kier molecular flexibility index (Phi) is 4.28. The van der Waals surface area contributed by atoms with Gasteiger partial charge in [0.2, 0.25) is 0 Å². The molecule has 2 aromatic rings. The second kappa shape index (κ2) is 6.72. The molecule has 1 atom stereocenters. The Hall–Kier alpha value is -2.60. The van der Waals surface area contributed by atoms with Crippen LogP contribution in [0.25, 0.3) is 0 Å². The number of nitrogens with one attached hydrogen (secondary N) is 2. The molecule has 25 heavy (non-hydrogen) atoms. The van der Waals surface area contributed by atoms with Crippen LogP contribution in [0.2, 0.25) is 5.02 Å². The van der Waals surface area contributed by atoms with Gasteiger partial charge in [-0.1, -0.05) is 29.8 Å². The number of carbonyl (C=O) groups excluding carboxylic acids is 1. The van der Waals surface area contributed by atoms with Gasteiger partial charge in [0.1, 0.15) is 25.1 Å². The molecule has 0 aliphatic carbocycles. The van der Waals surface area contributed by atoms with E-state index in [-0.39, 0.29) is 12.1 Å². The number of halogens is 1. The lowest BCUT2D eigenvalue weighted by Crippen LogP contribution is -2.37. The number of hydrogen-bond donors (Lipinski definition) is 2. The number of ether oxygens (including phenoxy) is 3. The van der Waals surface area contributed by atoms with E-state index < -0.39 is 0 Å². The summed E-state index contributed by atoms with van der Waals surface area (Å²) in [5.74, 6) is 2.03. The number of rotatable bonds is 3. The van der Waals surface area contributed by atoms with Crippen LogP contribution in [0.5, 0.6) is 17.2 Å². The summed E-state index contributed by atoms with van der Waals surface area (Å²) in [6.07, 6.45) is 0.709. The SMILES string of the molecule is O=C(NCC1Cc2ccccc2O1)Nc1cc2c(cc1Cl)OCCO2. The summed E-state index contributed by atoms with van der Waals surface area (Å²) in [5.41, 5.74) is 1.63. The standard InChI is InChI=1S/C18H17ClN2O4/c19-13-8-16-17(24-6-5-23-16)9-14(13)21-18(22)20-10-12-7-11-3-1-2-4-15(11)25-12/h1-4,8-9,12H,5-7,10H2,(H2,20,21,22). The number of para-hydroxylation sites is 1. The highest BCUT2D eigenvalue weighted by atomic mass is 35.5. The lowest BCUT2D eigenvalue weighted by molar-refractivity contribution is 0.171. The van der Waals surface area contributed by atoms with E-state index in [0.717, 1.165) is 17.7 Å². The van der Waals surface area contributed by atoms with Crippen molar-refractivity contribution in [2.24, 2.45) is 0 Å². The molecule has 0 fully saturated rings. The highest BCUT2D eigenvalue weighted by molar-refractivity contribution is 6.34. The quantitative estimate of drug-likeness (QED) is 0.881. The average molecular weight is 361 g/mol. The van der Waals surface area contributed by atoms with Crippen LogP contribution >= 0.6 is 11.6 Å².